The van der Waals surface area contributed by atoms with Crippen molar-refractivity contribution in [2.45, 2.75) is 24.2 Å². The Balaban J connectivity index is 1.58. The molecule has 3 rings (SSSR count). The number of ketones is 1. The van der Waals surface area contributed by atoms with Crippen molar-refractivity contribution in [2.75, 3.05) is 24.3 Å². The van der Waals surface area contributed by atoms with Gasteiger partial charge in [-0.1, -0.05) is 50.2 Å². The highest BCUT2D eigenvalue weighted by Crippen LogP contribution is 2.46. The van der Waals surface area contributed by atoms with Gasteiger partial charge in [0.05, 0.1) is 5.75 Å². The molecule has 1 aliphatic heterocycles. The van der Waals surface area contributed by atoms with Crippen LogP contribution >= 0.6 is 11.8 Å². The second kappa shape index (κ2) is 8.01. The molecule has 0 aromatic heterocycles. The molecule has 0 aliphatic carbocycles. The number of hydrogen-bond acceptors (Lipinski definition) is 5. The predicted octanol–water partition coefficient (Wildman–Crippen LogP) is 4.20. The van der Waals surface area contributed by atoms with Crippen LogP contribution in [0.15, 0.2) is 71.3 Å². The minimum absolute atomic E-state index is 0.185. The summed E-state index contributed by atoms with van der Waals surface area (Å²) < 4.78 is 5.14. The van der Waals surface area contributed by atoms with Gasteiger partial charge in [0.2, 0.25) is 0 Å². The number of nitrogens with zero attached hydrogens (tertiary/aromatic N) is 1. The number of benzene rings is 2. The van der Waals surface area contributed by atoms with Gasteiger partial charge < -0.3 is 9.64 Å². The zero-order valence-electron chi connectivity index (χ0n) is 15.8. The fourth-order valence-electron chi connectivity index (χ4n) is 3.31. The predicted molar refractivity (Wildman–Crippen MR) is 109 cm³/mol. The number of hydrogen-bond donors (Lipinski definition) is 0. The van der Waals surface area contributed by atoms with Crippen LogP contribution < -0.4 is 4.90 Å². The van der Waals surface area contributed by atoms with Crippen molar-refractivity contribution >= 4 is 29.2 Å². The van der Waals surface area contributed by atoms with Crippen LogP contribution in [0.25, 0.3) is 0 Å². The molecule has 0 atom stereocenters. The molecule has 0 radical (unpaired) electrons. The standard InChI is InChI=1S/C22H23NO3S/c1-22(2)18-11-7-8-12-19(18)23(3)20(22)13-16(24)14-26-21(25)15-27-17-9-5-4-6-10-17/h4-13H,14-15H2,1-3H3. The number of allylic oxidation sites excluding steroid dienone is 1. The first kappa shape index (κ1) is 19.2. The SMILES string of the molecule is CN1C(=CC(=O)COC(=O)CSc2ccccc2)C(C)(C)c2ccccc21. The summed E-state index contributed by atoms with van der Waals surface area (Å²) in [6, 6.07) is 17.7. The summed E-state index contributed by atoms with van der Waals surface area (Å²) in [5.74, 6) is -0.418. The molecule has 4 nitrogen and oxygen atoms in total. The van der Waals surface area contributed by atoms with Crippen LogP contribution in [0.5, 0.6) is 0 Å². The molecule has 27 heavy (non-hydrogen) atoms. The van der Waals surface area contributed by atoms with E-state index in [1.54, 1.807) is 6.08 Å². The van der Waals surface area contributed by atoms with Crippen LogP contribution in [-0.4, -0.2) is 31.2 Å². The van der Waals surface area contributed by atoms with E-state index in [0.717, 1.165) is 16.3 Å². The molecule has 140 valence electrons. The summed E-state index contributed by atoms with van der Waals surface area (Å²) in [5, 5.41) is 0. The van der Waals surface area contributed by atoms with Gasteiger partial charge in [0.1, 0.15) is 0 Å². The smallest absolute Gasteiger partial charge is 0.316 e. The van der Waals surface area contributed by atoms with E-state index in [9.17, 15) is 9.59 Å². The number of fused-ring (bicyclic) bond motifs is 1. The highest BCUT2D eigenvalue weighted by atomic mass is 32.2. The second-order valence-corrected chi connectivity index (χ2v) is 8.01. The number of carbonyl (C=O) groups excluding carboxylic acids is 2. The number of anilines is 1. The van der Waals surface area contributed by atoms with Crippen molar-refractivity contribution in [3.63, 3.8) is 0 Å². The molecular formula is C22H23NO3S. The summed E-state index contributed by atoms with van der Waals surface area (Å²) >= 11 is 1.40. The average molecular weight is 381 g/mol. The number of carbonyl (C=O) groups is 2. The molecule has 0 N–H and O–H groups in total. The minimum atomic E-state index is -0.391. The first-order valence-electron chi connectivity index (χ1n) is 8.81. The van der Waals surface area contributed by atoms with Crippen molar-refractivity contribution < 1.29 is 14.3 Å². The third-order valence-corrected chi connectivity index (χ3v) is 5.70. The number of esters is 1. The van der Waals surface area contributed by atoms with Crippen LogP contribution in [0.3, 0.4) is 0 Å². The normalized spacial score (nSPS) is 16.3. The summed E-state index contributed by atoms with van der Waals surface area (Å²) in [5.41, 5.74) is 2.91. The van der Waals surface area contributed by atoms with Crippen LogP contribution in [0.2, 0.25) is 0 Å². The topological polar surface area (TPSA) is 46.6 Å². The van der Waals surface area contributed by atoms with Gasteiger partial charge in [-0.05, 0) is 23.8 Å². The quantitative estimate of drug-likeness (QED) is 0.426. The average Bonchev–Trinajstić information content (AvgIpc) is 2.87. The zero-order chi connectivity index (χ0) is 19.4. The maximum absolute atomic E-state index is 12.4. The van der Waals surface area contributed by atoms with Gasteiger partial charge in [0, 0.05) is 34.8 Å². The largest absolute Gasteiger partial charge is 0.457 e. The van der Waals surface area contributed by atoms with Gasteiger partial charge in [-0.3, -0.25) is 9.59 Å². The monoisotopic (exact) mass is 381 g/mol. The lowest BCUT2D eigenvalue weighted by atomic mass is 9.83. The Morgan fingerprint density at radius 2 is 1.74 bits per heavy atom. The Morgan fingerprint density at radius 3 is 2.44 bits per heavy atom. The van der Waals surface area contributed by atoms with Crippen molar-refractivity contribution in [2.24, 2.45) is 0 Å². The maximum Gasteiger partial charge on any atom is 0.316 e. The zero-order valence-corrected chi connectivity index (χ0v) is 16.6. The lowest BCUT2D eigenvalue weighted by molar-refractivity contribution is -0.144. The van der Waals surface area contributed by atoms with E-state index in [4.69, 9.17) is 4.74 Å². The highest BCUT2D eigenvalue weighted by Gasteiger charge is 2.38. The number of rotatable bonds is 6. The molecule has 0 fully saturated rings. The van der Waals surface area contributed by atoms with Gasteiger partial charge in [-0.15, -0.1) is 11.8 Å². The summed E-state index contributed by atoms with van der Waals surface area (Å²) in [4.78, 5) is 27.3. The van der Waals surface area contributed by atoms with Crippen LogP contribution in [0.4, 0.5) is 5.69 Å². The fraction of sp³-hybridized carbons (Fsp3) is 0.273. The molecule has 0 spiro atoms. The third kappa shape index (κ3) is 4.25. The number of thioether (sulfide) groups is 1. The number of likely N-dealkylation sites (N-methyl/N-ethyl adjacent to an activating group) is 1. The summed E-state index contributed by atoms with van der Waals surface area (Å²) in [6.07, 6.45) is 1.59. The molecule has 2 aromatic rings. The lowest BCUT2D eigenvalue weighted by Gasteiger charge is -2.23. The molecule has 1 aliphatic rings. The lowest BCUT2D eigenvalue weighted by Crippen LogP contribution is -2.25. The molecular weight excluding hydrogens is 358 g/mol. The number of para-hydroxylation sites is 1. The van der Waals surface area contributed by atoms with Gasteiger partial charge in [-0.25, -0.2) is 0 Å². The van der Waals surface area contributed by atoms with Gasteiger partial charge in [0.15, 0.2) is 12.4 Å². The van der Waals surface area contributed by atoms with Gasteiger partial charge in [0.25, 0.3) is 0 Å². The summed E-state index contributed by atoms with van der Waals surface area (Å²) in [7, 11) is 1.95. The van der Waals surface area contributed by atoms with Crippen LogP contribution in [0.1, 0.15) is 19.4 Å². The Labute approximate surface area is 164 Å². The van der Waals surface area contributed by atoms with Gasteiger partial charge >= 0.3 is 5.97 Å². The van der Waals surface area contributed by atoms with E-state index >= 15 is 0 Å². The molecule has 0 amide bonds. The Kier molecular flexibility index (Phi) is 5.71. The van der Waals surface area contributed by atoms with Crippen LogP contribution in [-0.2, 0) is 19.7 Å². The Hall–Kier alpha value is -2.53. The molecule has 5 heteroatoms. The molecule has 0 saturated carbocycles. The molecule has 0 bridgehead atoms. The van der Waals surface area contributed by atoms with Gasteiger partial charge in [-0.2, -0.15) is 0 Å². The van der Waals surface area contributed by atoms with Crippen molar-refractivity contribution in [3.8, 4) is 0 Å². The fourth-order valence-corrected chi connectivity index (χ4v) is 4.02. The van der Waals surface area contributed by atoms with E-state index in [1.807, 2.05) is 60.5 Å². The third-order valence-electron chi connectivity index (χ3n) is 4.71. The Bertz CT molecular complexity index is 874. The van der Waals surface area contributed by atoms with Crippen LogP contribution in [0, 0.1) is 0 Å². The molecule has 0 unspecified atom stereocenters. The van der Waals surface area contributed by atoms with Crippen molar-refractivity contribution in [1.82, 2.24) is 0 Å². The molecule has 1 heterocycles. The molecule has 2 aromatic carbocycles. The Morgan fingerprint density at radius 1 is 1.07 bits per heavy atom. The first-order chi connectivity index (χ1) is 12.9. The molecule has 0 saturated heterocycles. The first-order valence-corrected chi connectivity index (χ1v) is 9.80. The van der Waals surface area contributed by atoms with E-state index < -0.39 is 5.97 Å². The van der Waals surface area contributed by atoms with Crippen molar-refractivity contribution in [1.29, 1.82) is 0 Å². The summed E-state index contributed by atoms with van der Waals surface area (Å²) in [6.45, 7) is 3.95. The number of ether oxygens (including phenoxy) is 1. The highest BCUT2D eigenvalue weighted by molar-refractivity contribution is 8.00. The van der Waals surface area contributed by atoms with Crippen molar-refractivity contribution in [3.05, 3.63) is 71.9 Å². The second-order valence-electron chi connectivity index (χ2n) is 6.96. The van der Waals surface area contributed by atoms with E-state index in [1.165, 1.54) is 17.3 Å². The maximum atomic E-state index is 12.4. The van der Waals surface area contributed by atoms with E-state index in [2.05, 4.69) is 19.9 Å². The van der Waals surface area contributed by atoms with E-state index in [0.29, 0.717) is 0 Å². The minimum Gasteiger partial charge on any atom is -0.457 e. The van der Waals surface area contributed by atoms with E-state index in [-0.39, 0.29) is 23.6 Å².